The Morgan fingerprint density at radius 3 is 2.84 bits per heavy atom. The molecule has 8 nitrogen and oxygen atoms in total. The van der Waals surface area contributed by atoms with Gasteiger partial charge in [-0.05, 0) is 31.2 Å². The number of nitrogens with zero attached hydrogens (tertiary/aromatic N) is 3. The Morgan fingerprint density at radius 1 is 1.32 bits per heavy atom. The van der Waals surface area contributed by atoms with Gasteiger partial charge in [-0.1, -0.05) is 6.07 Å². The summed E-state index contributed by atoms with van der Waals surface area (Å²) in [7, 11) is 1.64. The Bertz CT molecular complexity index is 768. The van der Waals surface area contributed by atoms with Crippen LogP contribution in [-0.4, -0.2) is 59.6 Å². The highest BCUT2D eigenvalue weighted by molar-refractivity contribution is 5.90. The van der Waals surface area contributed by atoms with Crippen LogP contribution in [0.3, 0.4) is 0 Å². The molecule has 1 aliphatic heterocycles. The third kappa shape index (κ3) is 3.80. The number of amides is 2. The number of ether oxygens (including phenoxy) is 2. The fraction of sp³-hybridized carbons (Fsp3) is 0.353. The van der Waals surface area contributed by atoms with Gasteiger partial charge in [0.1, 0.15) is 0 Å². The monoisotopic (exact) mass is 344 g/mol. The molecule has 0 saturated carbocycles. The van der Waals surface area contributed by atoms with Crippen molar-refractivity contribution in [3.05, 3.63) is 42.2 Å². The maximum atomic E-state index is 12.1. The van der Waals surface area contributed by atoms with E-state index >= 15 is 0 Å². The third-order valence-corrected chi connectivity index (χ3v) is 3.90. The molecule has 1 fully saturated rings. The van der Waals surface area contributed by atoms with Gasteiger partial charge < -0.3 is 19.7 Å². The van der Waals surface area contributed by atoms with Gasteiger partial charge in [-0.25, -0.2) is 14.3 Å². The number of carbonyl (C=O) groups excluding carboxylic acids is 2. The minimum atomic E-state index is -0.462. The van der Waals surface area contributed by atoms with E-state index in [4.69, 9.17) is 9.47 Å². The van der Waals surface area contributed by atoms with Crippen LogP contribution in [0.5, 0.6) is 0 Å². The number of benzene rings is 1. The van der Waals surface area contributed by atoms with Crippen LogP contribution in [0.1, 0.15) is 17.4 Å². The molecule has 25 heavy (non-hydrogen) atoms. The van der Waals surface area contributed by atoms with Crippen molar-refractivity contribution in [3.63, 3.8) is 0 Å². The molecule has 1 aromatic carbocycles. The number of carbonyl (C=O) groups is 2. The summed E-state index contributed by atoms with van der Waals surface area (Å²) in [6.07, 6.45) is 1.79. The van der Waals surface area contributed by atoms with Gasteiger partial charge in [0, 0.05) is 19.0 Å². The molecular weight excluding hydrogens is 324 g/mol. The van der Waals surface area contributed by atoms with Crippen molar-refractivity contribution in [2.24, 2.45) is 0 Å². The van der Waals surface area contributed by atoms with Gasteiger partial charge in [-0.3, -0.25) is 0 Å². The number of hydrogen-bond acceptors (Lipinski definition) is 5. The number of esters is 1. The van der Waals surface area contributed by atoms with Gasteiger partial charge in [0.05, 0.1) is 31.5 Å². The van der Waals surface area contributed by atoms with Crippen molar-refractivity contribution in [1.29, 1.82) is 0 Å². The Morgan fingerprint density at radius 2 is 2.12 bits per heavy atom. The summed E-state index contributed by atoms with van der Waals surface area (Å²) in [5.41, 5.74) is 1.62. The largest absolute Gasteiger partial charge is 0.461 e. The van der Waals surface area contributed by atoms with Crippen LogP contribution in [0.2, 0.25) is 0 Å². The molecule has 3 rings (SSSR count). The van der Waals surface area contributed by atoms with E-state index in [1.807, 2.05) is 12.1 Å². The number of methoxy groups -OCH3 is 1. The molecular formula is C17H20N4O4. The number of urea groups is 1. The Balaban J connectivity index is 1.67. The Kier molecular flexibility index (Phi) is 4.99. The quantitative estimate of drug-likeness (QED) is 0.838. The molecule has 0 unspecified atom stereocenters. The molecule has 1 aromatic heterocycles. The maximum Gasteiger partial charge on any atom is 0.358 e. The first-order valence-corrected chi connectivity index (χ1v) is 8.02. The van der Waals surface area contributed by atoms with Crippen LogP contribution in [-0.2, 0) is 9.47 Å². The van der Waals surface area contributed by atoms with Gasteiger partial charge in [0.25, 0.3) is 0 Å². The van der Waals surface area contributed by atoms with E-state index in [1.54, 1.807) is 48.0 Å². The zero-order valence-corrected chi connectivity index (χ0v) is 14.1. The van der Waals surface area contributed by atoms with Crippen molar-refractivity contribution in [3.8, 4) is 5.69 Å². The van der Waals surface area contributed by atoms with Crippen LogP contribution in [0.4, 0.5) is 10.5 Å². The molecule has 1 saturated heterocycles. The minimum absolute atomic E-state index is 0.113. The highest BCUT2D eigenvalue weighted by atomic mass is 16.5. The minimum Gasteiger partial charge on any atom is -0.461 e. The van der Waals surface area contributed by atoms with E-state index in [2.05, 4.69) is 10.4 Å². The van der Waals surface area contributed by atoms with Crippen LogP contribution in [0.15, 0.2) is 36.5 Å². The van der Waals surface area contributed by atoms with Crippen LogP contribution in [0, 0.1) is 0 Å². The maximum absolute atomic E-state index is 12.1. The van der Waals surface area contributed by atoms with Gasteiger partial charge in [0.2, 0.25) is 0 Å². The highest BCUT2D eigenvalue weighted by Crippen LogP contribution is 2.17. The molecule has 1 N–H and O–H groups in total. The lowest BCUT2D eigenvalue weighted by Gasteiger charge is -2.37. The molecule has 0 bridgehead atoms. The lowest BCUT2D eigenvalue weighted by atomic mass is 10.2. The second-order valence-electron chi connectivity index (χ2n) is 5.61. The van der Waals surface area contributed by atoms with Crippen LogP contribution in [0.25, 0.3) is 5.69 Å². The van der Waals surface area contributed by atoms with E-state index in [9.17, 15) is 9.59 Å². The molecule has 2 heterocycles. The second kappa shape index (κ2) is 7.35. The average molecular weight is 344 g/mol. The van der Waals surface area contributed by atoms with Crippen LogP contribution < -0.4 is 5.32 Å². The number of nitrogens with one attached hydrogen (secondary N) is 1. The fourth-order valence-electron chi connectivity index (χ4n) is 2.46. The summed E-state index contributed by atoms with van der Waals surface area (Å²) in [5, 5.41) is 7.05. The van der Waals surface area contributed by atoms with E-state index in [-0.39, 0.29) is 17.8 Å². The Labute approximate surface area is 145 Å². The molecule has 2 amide bonds. The summed E-state index contributed by atoms with van der Waals surface area (Å²) >= 11 is 0. The molecule has 0 atom stereocenters. The molecule has 0 radical (unpaired) electrons. The molecule has 0 spiro atoms. The SMILES string of the molecule is CCOC(=O)c1ccn(-c2cccc(NC(=O)N3CC(OC)C3)c2)n1. The summed E-state index contributed by atoms with van der Waals surface area (Å²) < 4.78 is 11.7. The average Bonchev–Trinajstić information content (AvgIpc) is 3.04. The predicted octanol–water partition coefficient (Wildman–Crippen LogP) is 1.91. The zero-order valence-electron chi connectivity index (χ0n) is 14.1. The summed E-state index contributed by atoms with van der Waals surface area (Å²) in [6, 6.07) is 8.65. The van der Waals surface area contributed by atoms with Gasteiger partial charge in [0.15, 0.2) is 5.69 Å². The van der Waals surface area contributed by atoms with Crippen molar-refractivity contribution in [1.82, 2.24) is 14.7 Å². The standard InChI is InChI=1S/C17H20N4O4/c1-3-25-16(22)15-7-8-21(19-15)13-6-4-5-12(9-13)18-17(23)20-10-14(11-20)24-2/h4-9,14H,3,10-11H2,1-2H3,(H,18,23). The first-order chi connectivity index (χ1) is 12.1. The Hall–Kier alpha value is -2.87. The molecule has 1 aliphatic rings. The number of hydrogen-bond donors (Lipinski definition) is 1. The molecule has 132 valence electrons. The first-order valence-electron chi connectivity index (χ1n) is 8.02. The number of anilines is 1. The van der Waals surface area contributed by atoms with Gasteiger partial charge >= 0.3 is 12.0 Å². The van der Waals surface area contributed by atoms with Crippen molar-refractivity contribution >= 4 is 17.7 Å². The molecule has 2 aromatic rings. The number of likely N-dealkylation sites (tertiary alicyclic amines) is 1. The van der Waals surface area contributed by atoms with Crippen molar-refractivity contribution in [2.45, 2.75) is 13.0 Å². The third-order valence-electron chi connectivity index (χ3n) is 3.90. The smallest absolute Gasteiger partial charge is 0.358 e. The molecule has 0 aliphatic carbocycles. The van der Waals surface area contributed by atoms with Crippen molar-refractivity contribution < 1.29 is 19.1 Å². The highest BCUT2D eigenvalue weighted by Gasteiger charge is 2.30. The number of rotatable bonds is 5. The second-order valence-corrected chi connectivity index (χ2v) is 5.61. The molecule has 8 heteroatoms. The van der Waals surface area contributed by atoms with E-state index in [1.165, 1.54) is 0 Å². The lowest BCUT2D eigenvalue weighted by Crippen LogP contribution is -2.55. The van der Waals surface area contributed by atoms with E-state index in [0.717, 1.165) is 5.69 Å². The normalized spacial score (nSPS) is 14.1. The van der Waals surface area contributed by atoms with E-state index in [0.29, 0.717) is 25.4 Å². The fourth-order valence-corrected chi connectivity index (χ4v) is 2.46. The van der Waals surface area contributed by atoms with Gasteiger partial charge in [-0.2, -0.15) is 5.10 Å². The summed E-state index contributed by atoms with van der Waals surface area (Å²) in [5.74, 6) is -0.462. The topological polar surface area (TPSA) is 85.7 Å². The summed E-state index contributed by atoms with van der Waals surface area (Å²) in [6.45, 7) is 3.22. The predicted molar refractivity (Wildman–Crippen MR) is 90.9 cm³/mol. The first kappa shape index (κ1) is 17.0. The van der Waals surface area contributed by atoms with Crippen molar-refractivity contribution in [2.75, 3.05) is 32.1 Å². The zero-order chi connectivity index (χ0) is 17.8. The van der Waals surface area contributed by atoms with E-state index < -0.39 is 5.97 Å². The van der Waals surface area contributed by atoms with Gasteiger partial charge in [-0.15, -0.1) is 0 Å². The number of aromatic nitrogens is 2. The lowest BCUT2D eigenvalue weighted by molar-refractivity contribution is -0.00465. The summed E-state index contributed by atoms with van der Waals surface area (Å²) in [4.78, 5) is 25.5. The van der Waals surface area contributed by atoms with Crippen LogP contribution >= 0.6 is 0 Å².